The first-order valence-electron chi connectivity index (χ1n) is 5.81. The first-order valence-corrected chi connectivity index (χ1v) is 6.86. The molecule has 1 heterocycles. The lowest BCUT2D eigenvalue weighted by molar-refractivity contribution is 0.424. The number of hydrogen-bond acceptors (Lipinski definition) is 5. The highest BCUT2D eigenvalue weighted by Gasteiger charge is 2.13. The smallest absolute Gasteiger partial charge is 0.258 e. The Morgan fingerprint density at radius 2 is 2.17 bits per heavy atom. The lowest BCUT2D eigenvalue weighted by atomic mass is 10.1. The molecule has 5 heteroatoms. The Kier molecular flexibility index (Phi) is 3.91. The molecule has 18 heavy (non-hydrogen) atoms. The number of phenols is 1. The van der Waals surface area contributed by atoms with Gasteiger partial charge in [0.2, 0.25) is 0 Å². The second-order valence-electron chi connectivity index (χ2n) is 4.33. The number of aromatic hydroxyl groups is 1. The second-order valence-corrected chi connectivity index (χ2v) is 5.89. The Balaban J connectivity index is 2.21. The van der Waals surface area contributed by atoms with E-state index < -0.39 is 0 Å². The molecule has 2 aromatic rings. The molecule has 0 aliphatic heterocycles. The molecule has 0 saturated heterocycles. The van der Waals surface area contributed by atoms with Gasteiger partial charge in [0.1, 0.15) is 5.75 Å². The average molecular weight is 264 g/mol. The van der Waals surface area contributed by atoms with Crippen LogP contribution in [0.15, 0.2) is 22.7 Å². The molecule has 2 rings (SSSR count). The summed E-state index contributed by atoms with van der Waals surface area (Å²) in [6, 6.07) is 5.27. The Bertz CT molecular complexity index is 538. The molecule has 0 radical (unpaired) electrons. The number of thioether (sulfide) groups is 1. The molecule has 0 aliphatic carbocycles. The molecule has 1 N–H and O–H groups in total. The molecule has 1 aromatic carbocycles. The fourth-order valence-corrected chi connectivity index (χ4v) is 2.12. The minimum Gasteiger partial charge on any atom is -0.508 e. The maximum atomic E-state index is 9.65. The largest absolute Gasteiger partial charge is 0.508 e. The van der Waals surface area contributed by atoms with Crippen molar-refractivity contribution in [1.29, 1.82) is 0 Å². The van der Waals surface area contributed by atoms with Crippen molar-refractivity contribution in [1.82, 2.24) is 10.1 Å². The fourth-order valence-electron chi connectivity index (χ4n) is 1.52. The molecule has 0 fully saturated rings. The van der Waals surface area contributed by atoms with Crippen LogP contribution in [0.1, 0.15) is 25.2 Å². The summed E-state index contributed by atoms with van der Waals surface area (Å²) in [6.07, 6.45) is 0. The van der Waals surface area contributed by atoms with Crippen LogP contribution >= 0.6 is 11.8 Å². The topological polar surface area (TPSA) is 59.2 Å². The molecule has 0 aliphatic rings. The summed E-state index contributed by atoms with van der Waals surface area (Å²) < 4.78 is 5.23. The number of rotatable bonds is 4. The van der Waals surface area contributed by atoms with Crippen molar-refractivity contribution in [2.75, 3.05) is 0 Å². The van der Waals surface area contributed by atoms with Crippen molar-refractivity contribution in [3.05, 3.63) is 29.6 Å². The maximum Gasteiger partial charge on any atom is 0.258 e. The Hall–Kier alpha value is -1.49. The number of phenolic OH excluding ortho intramolecular Hbond substituents is 1. The Labute approximate surface area is 110 Å². The van der Waals surface area contributed by atoms with Crippen molar-refractivity contribution in [3.63, 3.8) is 0 Å². The van der Waals surface area contributed by atoms with Crippen molar-refractivity contribution in [2.45, 2.75) is 31.8 Å². The average Bonchev–Trinajstić information content (AvgIpc) is 2.78. The lowest BCUT2D eigenvalue weighted by Crippen LogP contribution is -1.91. The third-order valence-electron chi connectivity index (χ3n) is 2.55. The zero-order valence-corrected chi connectivity index (χ0v) is 11.5. The zero-order valence-electron chi connectivity index (χ0n) is 10.7. The summed E-state index contributed by atoms with van der Waals surface area (Å²) in [7, 11) is 0. The quantitative estimate of drug-likeness (QED) is 0.917. The van der Waals surface area contributed by atoms with Crippen molar-refractivity contribution < 1.29 is 9.63 Å². The highest BCUT2D eigenvalue weighted by Crippen LogP contribution is 2.28. The third kappa shape index (κ3) is 2.85. The molecule has 0 unspecified atom stereocenters. The van der Waals surface area contributed by atoms with Crippen LogP contribution in [0.25, 0.3) is 11.5 Å². The SMILES string of the molecule is Cc1c(O)cccc1-c1nc(CSC(C)C)no1. The maximum absolute atomic E-state index is 9.65. The van der Waals surface area contributed by atoms with Crippen LogP contribution in [-0.2, 0) is 5.75 Å². The van der Waals surface area contributed by atoms with E-state index in [1.54, 1.807) is 23.9 Å². The molecule has 0 bridgehead atoms. The van der Waals surface area contributed by atoms with Gasteiger partial charge in [-0.15, -0.1) is 0 Å². The van der Waals surface area contributed by atoms with Crippen LogP contribution in [-0.4, -0.2) is 20.5 Å². The monoisotopic (exact) mass is 264 g/mol. The molecule has 1 aromatic heterocycles. The van der Waals surface area contributed by atoms with E-state index in [0.29, 0.717) is 17.0 Å². The Morgan fingerprint density at radius 3 is 2.89 bits per heavy atom. The van der Waals surface area contributed by atoms with Gasteiger partial charge in [-0.05, 0) is 24.3 Å². The van der Waals surface area contributed by atoms with Gasteiger partial charge < -0.3 is 9.63 Å². The van der Waals surface area contributed by atoms with E-state index >= 15 is 0 Å². The number of hydrogen-bond donors (Lipinski definition) is 1. The van der Waals surface area contributed by atoms with E-state index in [0.717, 1.165) is 16.9 Å². The highest BCUT2D eigenvalue weighted by atomic mass is 32.2. The van der Waals surface area contributed by atoms with Crippen LogP contribution in [0, 0.1) is 6.92 Å². The standard InChI is InChI=1S/C13H16N2O2S/c1-8(2)18-7-12-14-13(17-15-12)10-5-4-6-11(16)9(10)3/h4-6,8,16H,7H2,1-3H3. The van der Waals surface area contributed by atoms with Crippen LogP contribution in [0.3, 0.4) is 0 Å². The van der Waals surface area contributed by atoms with E-state index in [1.165, 1.54) is 0 Å². The minimum absolute atomic E-state index is 0.240. The van der Waals surface area contributed by atoms with Gasteiger partial charge in [0.25, 0.3) is 5.89 Å². The molecular formula is C13H16N2O2S. The molecule has 96 valence electrons. The van der Waals surface area contributed by atoms with E-state index in [1.807, 2.05) is 13.0 Å². The molecule has 0 atom stereocenters. The van der Waals surface area contributed by atoms with E-state index in [4.69, 9.17) is 4.52 Å². The summed E-state index contributed by atoms with van der Waals surface area (Å²) in [5.74, 6) is 2.12. The fraction of sp³-hybridized carbons (Fsp3) is 0.385. The molecule has 0 spiro atoms. The summed E-state index contributed by atoms with van der Waals surface area (Å²) in [5, 5.41) is 14.1. The van der Waals surface area contributed by atoms with Gasteiger partial charge in [-0.25, -0.2) is 0 Å². The van der Waals surface area contributed by atoms with Crippen molar-refractivity contribution >= 4 is 11.8 Å². The van der Waals surface area contributed by atoms with Crippen molar-refractivity contribution in [2.24, 2.45) is 0 Å². The van der Waals surface area contributed by atoms with Crippen LogP contribution in [0.4, 0.5) is 0 Å². The predicted octanol–water partition coefficient (Wildman–Crippen LogP) is 3.39. The van der Waals surface area contributed by atoms with Gasteiger partial charge in [-0.1, -0.05) is 25.1 Å². The predicted molar refractivity (Wildman–Crippen MR) is 72.6 cm³/mol. The van der Waals surface area contributed by atoms with Crippen molar-refractivity contribution in [3.8, 4) is 17.2 Å². The van der Waals surface area contributed by atoms with Gasteiger partial charge in [-0.3, -0.25) is 0 Å². The summed E-state index contributed by atoms with van der Waals surface area (Å²) in [5.41, 5.74) is 1.53. The first kappa shape index (κ1) is 13.0. The molecule has 0 saturated carbocycles. The normalized spacial score (nSPS) is 11.1. The van der Waals surface area contributed by atoms with Gasteiger partial charge in [0.05, 0.1) is 5.75 Å². The molecule has 0 amide bonds. The van der Waals surface area contributed by atoms with Gasteiger partial charge in [0.15, 0.2) is 5.82 Å². The van der Waals surface area contributed by atoms with E-state index in [-0.39, 0.29) is 5.75 Å². The minimum atomic E-state index is 0.240. The summed E-state index contributed by atoms with van der Waals surface area (Å²) >= 11 is 1.77. The number of aromatic nitrogens is 2. The Morgan fingerprint density at radius 1 is 1.39 bits per heavy atom. The van der Waals surface area contributed by atoms with Gasteiger partial charge in [-0.2, -0.15) is 16.7 Å². The number of benzene rings is 1. The molecular weight excluding hydrogens is 248 g/mol. The highest BCUT2D eigenvalue weighted by molar-refractivity contribution is 7.99. The van der Waals surface area contributed by atoms with E-state index in [2.05, 4.69) is 24.0 Å². The van der Waals surface area contributed by atoms with Gasteiger partial charge >= 0.3 is 0 Å². The third-order valence-corrected chi connectivity index (χ3v) is 3.64. The number of nitrogens with zero attached hydrogens (tertiary/aromatic N) is 2. The zero-order chi connectivity index (χ0) is 13.1. The molecule has 4 nitrogen and oxygen atoms in total. The van der Waals surface area contributed by atoms with Crippen LogP contribution < -0.4 is 0 Å². The van der Waals surface area contributed by atoms with Crippen LogP contribution in [0.5, 0.6) is 5.75 Å². The van der Waals surface area contributed by atoms with Crippen LogP contribution in [0.2, 0.25) is 0 Å². The first-order chi connectivity index (χ1) is 8.58. The van der Waals surface area contributed by atoms with Gasteiger partial charge in [0, 0.05) is 11.1 Å². The summed E-state index contributed by atoms with van der Waals surface area (Å²) in [6.45, 7) is 6.09. The summed E-state index contributed by atoms with van der Waals surface area (Å²) in [4.78, 5) is 4.34. The lowest BCUT2D eigenvalue weighted by Gasteiger charge is -2.02. The van der Waals surface area contributed by atoms with E-state index in [9.17, 15) is 5.11 Å². The second kappa shape index (κ2) is 5.44.